The monoisotopic (exact) mass is 126 g/mol. The van der Waals surface area contributed by atoms with Crippen LogP contribution in [0.5, 0.6) is 0 Å². The molecule has 1 heterocycles. The van der Waals surface area contributed by atoms with Crippen LogP contribution in [-0.2, 0) is 7.05 Å². The van der Waals surface area contributed by atoms with Gasteiger partial charge in [-0.05, 0) is 0 Å². The smallest absolute Gasteiger partial charge is 0.264 e. The van der Waals surface area contributed by atoms with Gasteiger partial charge in [-0.2, -0.15) is 0 Å². The van der Waals surface area contributed by atoms with Crippen LogP contribution in [0.2, 0.25) is 0 Å². The Morgan fingerprint density at radius 3 is 2.67 bits per heavy atom. The molecule has 9 heavy (non-hydrogen) atoms. The molecule has 0 aliphatic heterocycles. The van der Waals surface area contributed by atoms with Crippen LogP contribution < -0.4 is 5.56 Å². The number of rotatable bonds is 1. The van der Waals surface area contributed by atoms with Crippen molar-refractivity contribution < 1.29 is 4.79 Å². The van der Waals surface area contributed by atoms with Gasteiger partial charge < -0.3 is 0 Å². The zero-order valence-corrected chi connectivity index (χ0v) is 4.92. The Morgan fingerprint density at radius 2 is 2.44 bits per heavy atom. The van der Waals surface area contributed by atoms with E-state index in [9.17, 15) is 9.59 Å². The minimum Gasteiger partial charge on any atom is -0.296 e. The number of nitrogens with one attached hydrogen (secondary N) is 1. The Kier molecular flexibility index (Phi) is 1.22. The number of carbonyl (C=O) groups excluding carboxylic acids is 1. The van der Waals surface area contributed by atoms with Crippen LogP contribution in [0.15, 0.2) is 10.9 Å². The van der Waals surface area contributed by atoms with Crippen molar-refractivity contribution in [2.24, 2.45) is 7.05 Å². The van der Waals surface area contributed by atoms with Crippen molar-refractivity contribution >= 4 is 6.29 Å². The molecule has 0 aliphatic rings. The first-order valence-corrected chi connectivity index (χ1v) is 2.45. The van der Waals surface area contributed by atoms with Gasteiger partial charge in [-0.15, -0.1) is 0 Å². The number of hydrogen-bond acceptors (Lipinski definition) is 2. The number of carbonyl (C=O) groups is 1. The summed E-state index contributed by atoms with van der Waals surface area (Å²) in [6.07, 6.45) is 0.623. The molecule has 0 saturated carbocycles. The Bertz CT molecular complexity index is 271. The van der Waals surface area contributed by atoms with Gasteiger partial charge in [-0.25, -0.2) is 0 Å². The molecule has 1 rings (SSSR count). The number of aryl methyl sites for hydroxylation is 1. The summed E-state index contributed by atoms with van der Waals surface area (Å²) in [6.45, 7) is 0. The lowest BCUT2D eigenvalue weighted by Gasteiger charge is -1.88. The fourth-order valence-corrected chi connectivity index (χ4v) is 0.606. The lowest BCUT2D eigenvalue weighted by atomic mass is 10.5. The molecule has 0 bridgehead atoms. The third-order valence-electron chi connectivity index (χ3n) is 1.06. The zero-order valence-electron chi connectivity index (χ0n) is 4.92. The zero-order chi connectivity index (χ0) is 6.85. The lowest BCUT2D eigenvalue weighted by molar-refractivity contribution is 0.111. The second-order valence-corrected chi connectivity index (χ2v) is 1.72. The predicted molar refractivity (Wildman–Crippen MR) is 31.4 cm³/mol. The van der Waals surface area contributed by atoms with E-state index in [0.29, 0.717) is 12.0 Å². The Balaban J connectivity index is 3.31. The molecule has 1 N–H and O–H groups in total. The normalized spacial score (nSPS) is 9.44. The standard InChI is InChI=1S/C5H6N2O2/c1-7-4(3-8)2-5(9)6-7/h2-3H,1H3,(H,6,9). The summed E-state index contributed by atoms with van der Waals surface area (Å²) in [7, 11) is 1.60. The number of aromatic nitrogens is 2. The summed E-state index contributed by atoms with van der Waals surface area (Å²) >= 11 is 0. The Labute approximate surface area is 51.1 Å². The summed E-state index contributed by atoms with van der Waals surface area (Å²) in [5.41, 5.74) is 0.111. The molecule has 0 amide bonds. The van der Waals surface area contributed by atoms with E-state index in [0.717, 1.165) is 0 Å². The van der Waals surface area contributed by atoms with Gasteiger partial charge in [0.2, 0.25) is 0 Å². The van der Waals surface area contributed by atoms with Crippen molar-refractivity contribution in [3.63, 3.8) is 0 Å². The molecule has 0 aromatic carbocycles. The SMILES string of the molecule is Cn1[nH]c(=O)cc1C=O. The van der Waals surface area contributed by atoms with Crippen molar-refractivity contribution in [3.05, 3.63) is 22.1 Å². The second-order valence-electron chi connectivity index (χ2n) is 1.72. The average molecular weight is 126 g/mol. The third-order valence-corrected chi connectivity index (χ3v) is 1.06. The molecule has 4 heteroatoms. The van der Waals surface area contributed by atoms with Crippen LogP contribution in [-0.4, -0.2) is 16.1 Å². The predicted octanol–water partition coefficient (Wildman–Crippen LogP) is -0.474. The summed E-state index contributed by atoms with van der Waals surface area (Å²) < 4.78 is 1.37. The topological polar surface area (TPSA) is 54.9 Å². The molecule has 0 fully saturated rings. The highest BCUT2D eigenvalue weighted by molar-refractivity contribution is 5.71. The summed E-state index contributed by atoms with van der Waals surface area (Å²) in [4.78, 5) is 20.5. The third kappa shape index (κ3) is 0.910. The molecule has 4 nitrogen and oxygen atoms in total. The first-order chi connectivity index (χ1) is 4.24. The van der Waals surface area contributed by atoms with Gasteiger partial charge in [0, 0.05) is 13.1 Å². The van der Waals surface area contributed by atoms with E-state index >= 15 is 0 Å². The van der Waals surface area contributed by atoms with Crippen molar-refractivity contribution in [1.82, 2.24) is 9.78 Å². The quantitative estimate of drug-likeness (QED) is 0.517. The van der Waals surface area contributed by atoms with Crippen molar-refractivity contribution in [2.45, 2.75) is 0 Å². The van der Waals surface area contributed by atoms with E-state index in [1.54, 1.807) is 7.05 Å². The first-order valence-electron chi connectivity index (χ1n) is 2.45. The molecule has 1 aromatic rings. The highest BCUT2D eigenvalue weighted by atomic mass is 16.1. The van der Waals surface area contributed by atoms with E-state index in [-0.39, 0.29) is 5.56 Å². The van der Waals surface area contributed by atoms with Gasteiger partial charge in [0.25, 0.3) is 5.56 Å². The molecule has 0 unspecified atom stereocenters. The summed E-state index contributed by atoms with van der Waals surface area (Å²) in [5.74, 6) is 0. The van der Waals surface area contributed by atoms with E-state index in [2.05, 4.69) is 5.10 Å². The maximum atomic E-state index is 10.4. The highest BCUT2D eigenvalue weighted by Crippen LogP contribution is 1.82. The Hall–Kier alpha value is -1.32. The van der Waals surface area contributed by atoms with Crippen molar-refractivity contribution in [2.75, 3.05) is 0 Å². The minimum absolute atomic E-state index is 0.250. The molecule has 0 atom stereocenters. The lowest BCUT2D eigenvalue weighted by Crippen LogP contribution is -2.01. The fraction of sp³-hybridized carbons (Fsp3) is 0.200. The van der Waals surface area contributed by atoms with E-state index < -0.39 is 0 Å². The Morgan fingerprint density at radius 1 is 1.78 bits per heavy atom. The minimum atomic E-state index is -0.250. The van der Waals surface area contributed by atoms with Crippen molar-refractivity contribution in [1.29, 1.82) is 0 Å². The molecular weight excluding hydrogens is 120 g/mol. The van der Waals surface area contributed by atoms with Crippen LogP contribution in [0, 0.1) is 0 Å². The molecular formula is C5H6N2O2. The van der Waals surface area contributed by atoms with E-state index in [4.69, 9.17) is 0 Å². The summed E-state index contributed by atoms with van der Waals surface area (Å²) in [6, 6.07) is 1.24. The maximum absolute atomic E-state index is 10.4. The van der Waals surface area contributed by atoms with E-state index in [1.807, 2.05) is 0 Å². The van der Waals surface area contributed by atoms with Crippen molar-refractivity contribution in [3.8, 4) is 0 Å². The molecule has 0 aliphatic carbocycles. The molecule has 0 radical (unpaired) electrons. The van der Waals surface area contributed by atoms with E-state index in [1.165, 1.54) is 10.7 Å². The van der Waals surface area contributed by atoms with Gasteiger partial charge in [0.05, 0.1) is 0 Å². The van der Waals surface area contributed by atoms with Crippen LogP contribution in [0.25, 0.3) is 0 Å². The highest BCUT2D eigenvalue weighted by Gasteiger charge is 1.95. The molecule has 1 aromatic heterocycles. The van der Waals surface area contributed by atoms with Gasteiger partial charge in [0.1, 0.15) is 5.69 Å². The summed E-state index contributed by atoms with van der Waals surface area (Å²) in [5, 5.41) is 2.39. The van der Waals surface area contributed by atoms with Gasteiger partial charge >= 0.3 is 0 Å². The number of aromatic amines is 1. The fourth-order valence-electron chi connectivity index (χ4n) is 0.606. The van der Waals surface area contributed by atoms with Gasteiger partial charge in [-0.1, -0.05) is 0 Å². The largest absolute Gasteiger partial charge is 0.296 e. The maximum Gasteiger partial charge on any atom is 0.264 e. The molecule has 0 spiro atoms. The van der Waals surface area contributed by atoms with Crippen LogP contribution in [0.4, 0.5) is 0 Å². The molecule has 48 valence electrons. The van der Waals surface area contributed by atoms with Gasteiger partial charge in [-0.3, -0.25) is 19.4 Å². The number of nitrogens with zero attached hydrogens (tertiary/aromatic N) is 1. The number of hydrogen-bond donors (Lipinski definition) is 1. The second kappa shape index (κ2) is 1.89. The first kappa shape index (κ1) is 5.81. The van der Waals surface area contributed by atoms with Crippen LogP contribution in [0.3, 0.4) is 0 Å². The van der Waals surface area contributed by atoms with Crippen LogP contribution >= 0.6 is 0 Å². The van der Waals surface area contributed by atoms with Crippen LogP contribution in [0.1, 0.15) is 10.5 Å². The number of aldehydes is 1. The number of H-pyrrole nitrogens is 1. The molecule has 0 saturated heterocycles. The average Bonchev–Trinajstić information content (AvgIpc) is 2.10. The van der Waals surface area contributed by atoms with Gasteiger partial charge in [0.15, 0.2) is 6.29 Å².